The lowest BCUT2D eigenvalue weighted by molar-refractivity contribution is 0.0947. The molecule has 0 fully saturated rings. The zero-order valence-electron chi connectivity index (χ0n) is 14.1. The van der Waals surface area contributed by atoms with E-state index in [4.69, 9.17) is 9.47 Å². The minimum atomic E-state index is -0.222. The molecule has 2 aromatic carbocycles. The molecule has 6 heteroatoms. The Labute approximate surface area is 146 Å². The van der Waals surface area contributed by atoms with Gasteiger partial charge in [0.15, 0.2) is 11.5 Å². The van der Waals surface area contributed by atoms with Crippen LogP contribution in [0, 0.1) is 0 Å². The summed E-state index contributed by atoms with van der Waals surface area (Å²) in [5, 5.41) is 7.12. The number of benzene rings is 2. The number of nitrogens with one attached hydrogen (secondary N) is 1. The van der Waals surface area contributed by atoms with E-state index < -0.39 is 0 Å². The normalized spacial score (nSPS) is 10.3. The van der Waals surface area contributed by atoms with E-state index in [1.807, 2.05) is 36.5 Å². The first-order valence-corrected chi connectivity index (χ1v) is 7.81. The zero-order chi connectivity index (χ0) is 17.6. The molecule has 0 aliphatic rings. The summed E-state index contributed by atoms with van der Waals surface area (Å²) in [5.74, 6) is 0.726. The molecular formula is C19H19N3O3. The number of carbonyl (C=O) groups is 1. The van der Waals surface area contributed by atoms with E-state index in [9.17, 15) is 4.79 Å². The summed E-state index contributed by atoms with van der Waals surface area (Å²) in [6, 6.07) is 14.9. The van der Waals surface area contributed by atoms with Crippen molar-refractivity contribution < 1.29 is 14.3 Å². The number of para-hydroxylation sites is 1. The van der Waals surface area contributed by atoms with Crippen LogP contribution in [0.5, 0.6) is 11.5 Å². The Morgan fingerprint density at radius 1 is 1.12 bits per heavy atom. The van der Waals surface area contributed by atoms with E-state index >= 15 is 0 Å². The minimum absolute atomic E-state index is 0.222. The summed E-state index contributed by atoms with van der Waals surface area (Å²) < 4.78 is 12.3. The van der Waals surface area contributed by atoms with Crippen LogP contribution in [0.1, 0.15) is 15.9 Å². The first-order chi connectivity index (χ1) is 12.2. The summed E-state index contributed by atoms with van der Waals surface area (Å²) in [7, 11) is 3.06. The molecule has 0 radical (unpaired) electrons. The predicted molar refractivity (Wildman–Crippen MR) is 94.3 cm³/mol. The van der Waals surface area contributed by atoms with E-state index in [0.29, 0.717) is 23.6 Å². The molecule has 0 unspecified atom stereocenters. The monoisotopic (exact) mass is 337 g/mol. The summed E-state index contributed by atoms with van der Waals surface area (Å²) in [6.45, 7) is 0.397. The van der Waals surface area contributed by atoms with Gasteiger partial charge in [-0.2, -0.15) is 5.10 Å². The molecule has 1 heterocycles. The highest BCUT2D eigenvalue weighted by molar-refractivity contribution is 5.97. The smallest absolute Gasteiger partial charge is 0.255 e. The van der Waals surface area contributed by atoms with Crippen LogP contribution in [-0.2, 0) is 6.54 Å². The molecule has 0 aliphatic heterocycles. The highest BCUT2D eigenvalue weighted by atomic mass is 16.5. The van der Waals surface area contributed by atoms with Crippen molar-refractivity contribution in [1.82, 2.24) is 15.1 Å². The van der Waals surface area contributed by atoms with Gasteiger partial charge in [0, 0.05) is 18.9 Å². The number of hydrogen-bond acceptors (Lipinski definition) is 4. The minimum Gasteiger partial charge on any atom is -0.493 e. The lowest BCUT2D eigenvalue weighted by Crippen LogP contribution is -2.23. The molecule has 0 saturated carbocycles. The third-order valence-corrected chi connectivity index (χ3v) is 3.78. The van der Waals surface area contributed by atoms with Gasteiger partial charge in [-0.1, -0.05) is 18.2 Å². The molecule has 128 valence electrons. The fraction of sp³-hybridized carbons (Fsp3) is 0.158. The zero-order valence-corrected chi connectivity index (χ0v) is 14.1. The fourth-order valence-corrected chi connectivity index (χ4v) is 2.57. The Balaban J connectivity index is 1.74. The Bertz CT molecular complexity index is 860. The lowest BCUT2D eigenvalue weighted by Gasteiger charge is -2.13. The summed E-state index contributed by atoms with van der Waals surface area (Å²) in [4.78, 5) is 12.5. The van der Waals surface area contributed by atoms with Crippen molar-refractivity contribution >= 4 is 5.91 Å². The van der Waals surface area contributed by atoms with Crippen molar-refractivity contribution in [3.05, 3.63) is 72.1 Å². The number of carbonyl (C=O) groups excluding carboxylic acids is 1. The fourth-order valence-electron chi connectivity index (χ4n) is 2.57. The van der Waals surface area contributed by atoms with Crippen molar-refractivity contribution in [2.24, 2.45) is 0 Å². The first kappa shape index (κ1) is 16.6. The Hall–Kier alpha value is -3.28. The number of nitrogens with zero attached hydrogens (tertiary/aromatic N) is 2. The topological polar surface area (TPSA) is 65.4 Å². The lowest BCUT2D eigenvalue weighted by atomic mass is 10.1. The van der Waals surface area contributed by atoms with Gasteiger partial charge >= 0.3 is 0 Å². The van der Waals surface area contributed by atoms with Gasteiger partial charge in [-0.25, -0.2) is 4.68 Å². The Kier molecular flexibility index (Phi) is 4.99. The molecule has 3 rings (SSSR count). The molecule has 0 saturated heterocycles. The largest absolute Gasteiger partial charge is 0.493 e. The van der Waals surface area contributed by atoms with Crippen LogP contribution >= 0.6 is 0 Å². The second kappa shape index (κ2) is 7.53. The second-order valence-electron chi connectivity index (χ2n) is 5.34. The standard InChI is InChI=1S/C19H19N3O3/c1-24-17-9-4-8-16(18(17)25-2)19(23)20-13-14-6-3-7-15(12-14)22-11-5-10-21-22/h3-12H,13H2,1-2H3,(H,20,23). The maximum Gasteiger partial charge on any atom is 0.255 e. The van der Waals surface area contributed by atoms with E-state index in [1.54, 1.807) is 36.2 Å². The third kappa shape index (κ3) is 3.63. The van der Waals surface area contributed by atoms with Crippen molar-refractivity contribution in [2.75, 3.05) is 14.2 Å². The average molecular weight is 337 g/mol. The van der Waals surface area contributed by atoms with Crippen LogP contribution in [0.25, 0.3) is 5.69 Å². The molecule has 1 aromatic heterocycles. The second-order valence-corrected chi connectivity index (χ2v) is 5.34. The molecule has 0 bridgehead atoms. The van der Waals surface area contributed by atoms with Crippen LogP contribution in [-0.4, -0.2) is 29.9 Å². The van der Waals surface area contributed by atoms with E-state index in [1.165, 1.54) is 7.11 Å². The molecule has 0 atom stereocenters. The first-order valence-electron chi connectivity index (χ1n) is 7.81. The maximum absolute atomic E-state index is 12.5. The maximum atomic E-state index is 12.5. The number of aromatic nitrogens is 2. The number of methoxy groups -OCH3 is 2. The van der Waals surface area contributed by atoms with Gasteiger partial charge in [-0.15, -0.1) is 0 Å². The molecule has 3 aromatic rings. The van der Waals surface area contributed by atoms with Gasteiger partial charge < -0.3 is 14.8 Å². The Morgan fingerprint density at radius 3 is 2.68 bits per heavy atom. The molecule has 1 amide bonds. The van der Waals surface area contributed by atoms with Gasteiger partial charge in [0.2, 0.25) is 0 Å². The van der Waals surface area contributed by atoms with Gasteiger partial charge in [-0.05, 0) is 35.9 Å². The molecule has 1 N–H and O–H groups in total. The van der Waals surface area contributed by atoms with Crippen molar-refractivity contribution in [3.63, 3.8) is 0 Å². The SMILES string of the molecule is COc1cccc(C(=O)NCc2cccc(-n3cccn3)c2)c1OC. The summed E-state index contributed by atoms with van der Waals surface area (Å²) >= 11 is 0. The number of hydrogen-bond donors (Lipinski definition) is 1. The van der Waals surface area contributed by atoms with Crippen LogP contribution in [0.2, 0.25) is 0 Å². The van der Waals surface area contributed by atoms with Gasteiger partial charge in [0.25, 0.3) is 5.91 Å². The van der Waals surface area contributed by atoms with Crippen molar-refractivity contribution in [2.45, 2.75) is 6.54 Å². The van der Waals surface area contributed by atoms with Crippen LogP contribution in [0.3, 0.4) is 0 Å². The van der Waals surface area contributed by atoms with Crippen LogP contribution < -0.4 is 14.8 Å². The summed E-state index contributed by atoms with van der Waals surface area (Å²) in [5.41, 5.74) is 2.35. The highest BCUT2D eigenvalue weighted by Crippen LogP contribution is 2.30. The Morgan fingerprint density at radius 2 is 1.96 bits per heavy atom. The van der Waals surface area contributed by atoms with E-state index in [0.717, 1.165) is 11.3 Å². The van der Waals surface area contributed by atoms with Crippen molar-refractivity contribution in [1.29, 1.82) is 0 Å². The molecule has 0 spiro atoms. The molecule has 0 aliphatic carbocycles. The number of rotatable bonds is 6. The van der Waals surface area contributed by atoms with E-state index in [2.05, 4.69) is 10.4 Å². The molecular weight excluding hydrogens is 318 g/mol. The third-order valence-electron chi connectivity index (χ3n) is 3.78. The quantitative estimate of drug-likeness (QED) is 0.751. The van der Waals surface area contributed by atoms with Crippen molar-refractivity contribution in [3.8, 4) is 17.2 Å². The molecule has 25 heavy (non-hydrogen) atoms. The predicted octanol–water partition coefficient (Wildman–Crippen LogP) is 2.82. The summed E-state index contributed by atoms with van der Waals surface area (Å²) in [6.07, 6.45) is 3.60. The van der Waals surface area contributed by atoms with E-state index in [-0.39, 0.29) is 5.91 Å². The number of ether oxygens (including phenoxy) is 2. The average Bonchev–Trinajstić information content (AvgIpc) is 3.20. The van der Waals surface area contributed by atoms with Gasteiger partial charge in [0.1, 0.15) is 0 Å². The van der Waals surface area contributed by atoms with Crippen LogP contribution in [0.4, 0.5) is 0 Å². The number of amides is 1. The van der Waals surface area contributed by atoms with Crippen LogP contribution in [0.15, 0.2) is 60.9 Å². The van der Waals surface area contributed by atoms with Gasteiger partial charge in [0.05, 0.1) is 25.5 Å². The van der Waals surface area contributed by atoms with Gasteiger partial charge in [-0.3, -0.25) is 4.79 Å². The highest BCUT2D eigenvalue weighted by Gasteiger charge is 2.16. The molecule has 6 nitrogen and oxygen atoms in total.